The van der Waals surface area contributed by atoms with Gasteiger partial charge in [-0.05, 0) is 48.5 Å². The Morgan fingerprint density at radius 3 is 2.54 bits per heavy atom. The van der Waals surface area contributed by atoms with Gasteiger partial charge in [0.15, 0.2) is 0 Å². The van der Waals surface area contributed by atoms with Gasteiger partial charge in [-0.3, -0.25) is 4.79 Å². The van der Waals surface area contributed by atoms with Crippen LogP contribution in [0.4, 0.5) is 11.5 Å². The van der Waals surface area contributed by atoms with E-state index in [-0.39, 0.29) is 18.5 Å². The number of carbonyl (C=O) groups is 1. The average Bonchev–Trinajstić information content (AvgIpc) is 2.69. The summed E-state index contributed by atoms with van der Waals surface area (Å²) in [7, 11) is 1.62. The molecule has 1 aromatic carbocycles. The molecule has 0 aliphatic heterocycles. The second-order valence-corrected chi connectivity index (χ2v) is 5.51. The number of hydrogen-bond acceptors (Lipinski definition) is 6. The number of amides is 1. The molecule has 0 unspecified atom stereocenters. The average molecular weight is 349 g/mol. The van der Waals surface area contributed by atoms with Crippen molar-refractivity contribution in [3.8, 4) is 11.6 Å². The zero-order valence-corrected chi connectivity index (χ0v) is 14.3. The number of benzene rings is 1. The van der Waals surface area contributed by atoms with Crippen LogP contribution in [0, 0.1) is 0 Å². The monoisotopic (exact) mass is 349 g/mol. The molecule has 0 radical (unpaired) electrons. The van der Waals surface area contributed by atoms with E-state index < -0.39 is 0 Å². The van der Waals surface area contributed by atoms with Gasteiger partial charge in [0.05, 0.1) is 6.67 Å². The van der Waals surface area contributed by atoms with Crippen molar-refractivity contribution < 1.29 is 9.53 Å². The normalized spacial score (nSPS) is 10.2. The Bertz CT molecular complexity index is 869. The van der Waals surface area contributed by atoms with E-state index in [9.17, 15) is 4.79 Å². The van der Waals surface area contributed by atoms with Crippen LogP contribution in [0.15, 0.2) is 67.0 Å². The Balaban J connectivity index is 1.75. The van der Waals surface area contributed by atoms with Crippen LogP contribution in [0.1, 0.15) is 10.4 Å². The van der Waals surface area contributed by atoms with Crippen molar-refractivity contribution >= 4 is 17.4 Å². The first-order chi connectivity index (χ1) is 12.7. The maximum Gasteiger partial charge on any atom is 0.260 e. The van der Waals surface area contributed by atoms with Crippen LogP contribution >= 0.6 is 0 Å². The minimum absolute atomic E-state index is 0.112. The number of anilines is 2. The van der Waals surface area contributed by atoms with E-state index in [1.807, 2.05) is 30.3 Å². The van der Waals surface area contributed by atoms with Gasteiger partial charge in [-0.25, -0.2) is 9.97 Å². The van der Waals surface area contributed by atoms with E-state index in [1.54, 1.807) is 43.7 Å². The first kappa shape index (κ1) is 17.4. The van der Waals surface area contributed by atoms with Gasteiger partial charge in [-0.2, -0.15) is 0 Å². The van der Waals surface area contributed by atoms with Crippen LogP contribution in [-0.2, 0) is 0 Å². The lowest BCUT2D eigenvalue weighted by Gasteiger charge is -2.16. The van der Waals surface area contributed by atoms with Crippen molar-refractivity contribution in [2.45, 2.75) is 0 Å². The molecule has 3 rings (SSSR count). The van der Waals surface area contributed by atoms with E-state index in [0.717, 1.165) is 11.5 Å². The molecule has 7 nitrogen and oxygen atoms in total. The Labute approximate surface area is 151 Å². The summed E-state index contributed by atoms with van der Waals surface area (Å²) in [6, 6.07) is 16.3. The highest BCUT2D eigenvalue weighted by Crippen LogP contribution is 2.25. The number of rotatable bonds is 6. The molecule has 3 N–H and O–H groups in total. The van der Waals surface area contributed by atoms with Crippen molar-refractivity contribution in [3.63, 3.8) is 0 Å². The van der Waals surface area contributed by atoms with Crippen LogP contribution in [0.3, 0.4) is 0 Å². The molecule has 0 fully saturated rings. The summed E-state index contributed by atoms with van der Waals surface area (Å²) < 4.78 is 5.79. The fraction of sp³-hybridized carbons (Fsp3) is 0.105. The van der Waals surface area contributed by atoms with Gasteiger partial charge in [0.25, 0.3) is 5.91 Å². The third-order valence-electron chi connectivity index (χ3n) is 3.63. The lowest BCUT2D eigenvalue weighted by Crippen LogP contribution is -2.32. The van der Waals surface area contributed by atoms with E-state index in [0.29, 0.717) is 11.3 Å². The lowest BCUT2D eigenvalue weighted by atomic mass is 10.2. The molecular formula is C19H19N5O2. The Morgan fingerprint density at radius 2 is 1.85 bits per heavy atom. The molecule has 2 heterocycles. The van der Waals surface area contributed by atoms with Crippen molar-refractivity contribution in [2.24, 2.45) is 5.73 Å². The molecule has 0 saturated heterocycles. The van der Waals surface area contributed by atoms with Gasteiger partial charge < -0.3 is 20.7 Å². The largest absolute Gasteiger partial charge is 0.438 e. The summed E-state index contributed by atoms with van der Waals surface area (Å²) >= 11 is 0. The minimum Gasteiger partial charge on any atom is -0.438 e. The number of nitrogens with one attached hydrogen (secondary N) is 1. The number of hydrogen-bond donors (Lipinski definition) is 2. The zero-order chi connectivity index (χ0) is 18.4. The summed E-state index contributed by atoms with van der Waals surface area (Å²) in [5, 5.41) is 3.19. The smallest absolute Gasteiger partial charge is 0.260 e. The highest BCUT2D eigenvalue weighted by atomic mass is 16.5. The van der Waals surface area contributed by atoms with E-state index in [2.05, 4.69) is 15.3 Å². The second-order valence-electron chi connectivity index (χ2n) is 5.51. The Hall–Kier alpha value is -3.45. The molecular weight excluding hydrogens is 330 g/mol. The number of nitrogens with two attached hydrogens (primary N) is 1. The molecule has 0 spiro atoms. The molecule has 2 aromatic heterocycles. The molecule has 26 heavy (non-hydrogen) atoms. The number of ether oxygens (including phenoxy) is 1. The quantitative estimate of drug-likeness (QED) is 0.665. The third-order valence-corrected chi connectivity index (χ3v) is 3.63. The van der Waals surface area contributed by atoms with Crippen molar-refractivity contribution in [2.75, 3.05) is 19.0 Å². The van der Waals surface area contributed by atoms with Crippen molar-refractivity contribution in [3.05, 3.63) is 72.6 Å². The van der Waals surface area contributed by atoms with E-state index in [4.69, 9.17) is 10.5 Å². The van der Waals surface area contributed by atoms with Crippen LogP contribution in [0.25, 0.3) is 0 Å². The summed E-state index contributed by atoms with van der Waals surface area (Å²) in [4.78, 5) is 22.1. The first-order valence-corrected chi connectivity index (χ1v) is 8.04. The molecule has 3 aromatic rings. The molecule has 0 aliphatic rings. The molecule has 1 amide bonds. The van der Waals surface area contributed by atoms with Crippen LogP contribution in [0.5, 0.6) is 11.6 Å². The van der Waals surface area contributed by atoms with Gasteiger partial charge in [0.2, 0.25) is 5.88 Å². The third kappa shape index (κ3) is 4.14. The van der Waals surface area contributed by atoms with Crippen molar-refractivity contribution in [1.29, 1.82) is 0 Å². The highest BCUT2D eigenvalue weighted by Gasteiger charge is 2.17. The second kappa shape index (κ2) is 8.09. The SMILES string of the molecule is CN(CN)C(=O)c1cccnc1Oc1ccc(Nc2ccccn2)cc1. The summed E-state index contributed by atoms with van der Waals surface area (Å²) in [5.74, 6) is 1.32. The topological polar surface area (TPSA) is 93.4 Å². The van der Waals surface area contributed by atoms with Gasteiger partial charge in [0.1, 0.15) is 17.1 Å². The molecule has 0 bridgehead atoms. The summed E-state index contributed by atoms with van der Waals surface area (Å²) in [6.45, 7) is 0.112. The summed E-state index contributed by atoms with van der Waals surface area (Å²) in [5.41, 5.74) is 6.75. The van der Waals surface area contributed by atoms with E-state index >= 15 is 0 Å². The maximum absolute atomic E-state index is 12.4. The molecule has 0 saturated carbocycles. The van der Waals surface area contributed by atoms with Gasteiger partial charge in [-0.15, -0.1) is 0 Å². The highest BCUT2D eigenvalue weighted by molar-refractivity contribution is 5.96. The van der Waals surface area contributed by atoms with Crippen LogP contribution in [-0.4, -0.2) is 34.5 Å². The van der Waals surface area contributed by atoms with Crippen LogP contribution < -0.4 is 15.8 Å². The van der Waals surface area contributed by atoms with Gasteiger partial charge in [-0.1, -0.05) is 6.07 Å². The summed E-state index contributed by atoms with van der Waals surface area (Å²) in [6.07, 6.45) is 3.29. The minimum atomic E-state index is -0.246. The van der Waals surface area contributed by atoms with Gasteiger partial charge in [0, 0.05) is 25.1 Å². The van der Waals surface area contributed by atoms with Gasteiger partial charge >= 0.3 is 0 Å². The predicted octanol–water partition coefficient (Wildman–Crippen LogP) is 3.00. The van der Waals surface area contributed by atoms with Crippen molar-refractivity contribution in [1.82, 2.24) is 14.9 Å². The maximum atomic E-state index is 12.4. The first-order valence-electron chi connectivity index (χ1n) is 8.04. The lowest BCUT2D eigenvalue weighted by molar-refractivity contribution is 0.0795. The zero-order valence-electron chi connectivity index (χ0n) is 14.3. The molecule has 7 heteroatoms. The standard InChI is InChI=1S/C19H19N5O2/c1-24(13-20)19(25)16-5-4-12-22-18(16)26-15-9-7-14(8-10-15)23-17-6-2-3-11-21-17/h2-12H,13,20H2,1H3,(H,21,23). The fourth-order valence-electron chi connectivity index (χ4n) is 2.23. The van der Waals surface area contributed by atoms with E-state index in [1.165, 1.54) is 4.90 Å². The molecule has 0 aliphatic carbocycles. The number of pyridine rings is 2. The number of carbonyl (C=O) groups excluding carboxylic acids is 1. The molecule has 132 valence electrons. The Morgan fingerprint density at radius 1 is 1.08 bits per heavy atom. The molecule has 0 atom stereocenters. The Kier molecular flexibility index (Phi) is 5.40. The predicted molar refractivity (Wildman–Crippen MR) is 99.4 cm³/mol. The number of nitrogens with zero attached hydrogens (tertiary/aromatic N) is 3. The fourth-order valence-corrected chi connectivity index (χ4v) is 2.23. The number of aromatic nitrogens is 2. The van der Waals surface area contributed by atoms with Crippen LogP contribution in [0.2, 0.25) is 0 Å².